The number of nitrogens with one attached hydrogen (secondary N) is 1. The van der Waals surface area contributed by atoms with Crippen molar-refractivity contribution in [3.8, 4) is 0 Å². The third-order valence-corrected chi connectivity index (χ3v) is 3.68. The van der Waals surface area contributed by atoms with Crippen LogP contribution in [0.2, 0.25) is 0 Å². The van der Waals surface area contributed by atoms with Gasteiger partial charge in [-0.05, 0) is 30.5 Å². The number of methoxy groups -OCH3 is 1. The summed E-state index contributed by atoms with van der Waals surface area (Å²) < 4.78 is 5.27. The lowest BCUT2D eigenvalue weighted by molar-refractivity contribution is -0.128. The van der Waals surface area contributed by atoms with E-state index in [1.165, 1.54) is 0 Å². The van der Waals surface area contributed by atoms with Gasteiger partial charge in [-0.2, -0.15) is 0 Å². The van der Waals surface area contributed by atoms with Crippen molar-refractivity contribution >= 4 is 11.6 Å². The molecule has 1 aromatic rings. The molecule has 1 amide bonds. The molecule has 1 aromatic carbocycles. The van der Waals surface area contributed by atoms with Gasteiger partial charge in [0.25, 0.3) is 0 Å². The maximum Gasteiger partial charge on any atom is 0.219 e. The van der Waals surface area contributed by atoms with Gasteiger partial charge in [-0.25, -0.2) is 0 Å². The SMILES string of the molecule is COC1CC(Nc2cccc(CN(C)C(C)=O)c2)C1. The molecule has 0 heterocycles. The number of hydrogen-bond donors (Lipinski definition) is 1. The second-order valence-corrected chi connectivity index (χ2v) is 5.25. The van der Waals surface area contributed by atoms with Gasteiger partial charge in [-0.3, -0.25) is 4.79 Å². The average molecular weight is 262 g/mol. The van der Waals surface area contributed by atoms with Gasteiger partial charge in [0.15, 0.2) is 0 Å². The van der Waals surface area contributed by atoms with Crippen molar-refractivity contribution in [1.82, 2.24) is 4.90 Å². The Balaban J connectivity index is 1.90. The molecular formula is C15H22N2O2. The van der Waals surface area contributed by atoms with Crippen LogP contribution in [0.5, 0.6) is 0 Å². The molecule has 19 heavy (non-hydrogen) atoms. The highest BCUT2D eigenvalue weighted by atomic mass is 16.5. The van der Waals surface area contributed by atoms with E-state index in [0.29, 0.717) is 18.7 Å². The summed E-state index contributed by atoms with van der Waals surface area (Å²) in [7, 11) is 3.58. The Labute approximate surface area is 114 Å². The first-order chi connectivity index (χ1) is 9.08. The molecule has 1 N–H and O–H groups in total. The van der Waals surface area contributed by atoms with E-state index in [1.54, 1.807) is 18.9 Å². The third kappa shape index (κ3) is 3.70. The lowest BCUT2D eigenvalue weighted by Gasteiger charge is -2.35. The molecule has 0 atom stereocenters. The van der Waals surface area contributed by atoms with Gasteiger partial charge < -0.3 is 15.0 Å². The van der Waals surface area contributed by atoms with Crippen LogP contribution < -0.4 is 5.32 Å². The first kappa shape index (κ1) is 13.9. The molecule has 0 spiro atoms. The van der Waals surface area contributed by atoms with Crippen LogP contribution >= 0.6 is 0 Å². The first-order valence-electron chi connectivity index (χ1n) is 6.68. The number of rotatable bonds is 5. The van der Waals surface area contributed by atoms with Crippen LogP contribution in [0, 0.1) is 0 Å². The summed E-state index contributed by atoms with van der Waals surface area (Å²) in [5.74, 6) is 0.0836. The number of amides is 1. The molecule has 0 bridgehead atoms. The monoisotopic (exact) mass is 262 g/mol. The Kier molecular flexibility index (Phi) is 4.43. The van der Waals surface area contributed by atoms with Gasteiger partial charge in [0, 0.05) is 39.4 Å². The summed E-state index contributed by atoms with van der Waals surface area (Å²) >= 11 is 0. The zero-order chi connectivity index (χ0) is 13.8. The molecule has 0 unspecified atom stereocenters. The Bertz CT molecular complexity index is 442. The summed E-state index contributed by atoms with van der Waals surface area (Å²) in [6.07, 6.45) is 2.53. The maximum absolute atomic E-state index is 11.2. The Morgan fingerprint density at radius 1 is 1.47 bits per heavy atom. The Morgan fingerprint density at radius 2 is 2.21 bits per heavy atom. The van der Waals surface area contributed by atoms with Crippen molar-refractivity contribution in [1.29, 1.82) is 0 Å². The Morgan fingerprint density at radius 3 is 2.84 bits per heavy atom. The fourth-order valence-corrected chi connectivity index (χ4v) is 2.26. The number of carbonyl (C=O) groups is 1. The van der Waals surface area contributed by atoms with Crippen molar-refractivity contribution in [3.05, 3.63) is 29.8 Å². The van der Waals surface area contributed by atoms with Gasteiger partial charge in [-0.15, -0.1) is 0 Å². The third-order valence-electron chi connectivity index (χ3n) is 3.68. The van der Waals surface area contributed by atoms with Crippen molar-refractivity contribution in [2.75, 3.05) is 19.5 Å². The highest BCUT2D eigenvalue weighted by Gasteiger charge is 2.28. The molecule has 2 rings (SSSR count). The van der Waals surface area contributed by atoms with Crippen LogP contribution in [0.15, 0.2) is 24.3 Å². The summed E-state index contributed by atoms with van der Waals surface area (Å²) in [5.41, 5.74) is 2.26. The molecule has 1 aliphatic rings. The molecular weight excluding hydrogens is 240 g/mol. The van der Waals surface area contributed by atoms with Gasteiger partial charge in [0.2, 0.25) is 5.91 Å². The minimum atomic E-state index is 0.0836. The van der Waals surface area contributed by atoms with Gasteiger partial charge in [0.1, 0.15) is 0 Å². The highest BCUT2D eigenvalue weighted by molar-refractivity contribution is 5.72. The normalized spacial score (nSPS) is 21.6. The van der Waals surface area contributed by atoms with Crippen LogP contribution in [0.25, 0.3) is 0 Å². The smallest absolute Gasteiger partial charge is 0.219 e. The first-order valence-corrected chi connectivity index (χ1v) is 6.68. The standard InChI is InChI=1S/C15H22N2O2/c1-11(18)17(2)10-12-5-4-6-13(7-12)16-14-8-15(9-14)19-3/h4-7,14-16H,8-10H2,1-3H3. The van der Waals surface area contributed by atoms with Crippen LogP contribution in [0.1, 0.15) is 25.3 Å². The molecule has 1 aliphatic carbocycles. The summed E-state index contributed by atoms with van der Waals surface area (Å²) in [4.78, 5) is 12.9. The average Bonchev–Trinajstić information content (AvgIpc) is 2.33. The van der Waals surface area contributed by atoms with Gasteiger partial charge >= 0.3 is 0 Å². The van der Waals surface area contributed by atoms with Crippen LogP contribution in [0.3, 0.4) is 0 Å². The number of nitrogens with zero attached hydrogens (tertiary/aromatic N) is 1. The number of carbonyl (C=O) groups excluding carboxylic acids is 1. The molecule has 4 nitrogen and oxygen atoms in total. The zero-order valence-corrected chi connectivity index (χ0v) is 11.8. The fourth-order valence-electron chi connectivity index (χ4n) is 2.26. The van der Waals surface area contributed by atoms with Gasteiger partial charge in [-0.1, -0.05) is 12.1 Å². The second-order valence-electron chi connectivity index (χ2n) is 5.25. The maximum atomic E-state index is 11.2. The van der Waals surface area contributed by atoms with E-state index in [-0.39, 0.29) is 5.91 Å². The number of benzene rings is 1. The van der Waals surface area contributed by atoms with E-state index >= 15 is 0 Å². The molecule has 1 fully saturated rings. The zero-order valence-electron chi connectivity index (χ0n) is 11.8. The van der Waals surface area contributed by atoms with E-state index in [4.69, 9.17) is 4.74 Å². The molecule has 4 heteroatoms. The van der Waals surface area contributed by atoms with E-state index in [1.807, 2.05) is 19.2 Å². The predicted molar refractivity (Wildman–Crippen MR) is 76.0 cm³/mol. The second kappa shape index (κ2) is 6.06. The molecule has 0 saturated heterocycles. The molecule has 0 radical (unpaired) electrons. The van der Waals surface area contributed by atoms with E-state index < -0.39 is 0 Å². The quantitative estimate of drug-likeness (QED) is 0.885. The van der Waals surface area contributed by atoms with Crippen LogP contribution in [-0.4, -0.2) is 37.1 Å². The minimum Gasteiger partial charge on any atom is -0.382 e. The largest absolute Gasteiger partial charge is 0.382 e. The van der Waals surface area contributed by atoms with E-state index in [0.717, 1.165) is 24.1 Å². The van der Waals surface area contributed by atoms with Crippen molar-refractivity contribution in [3.63, 3.8) is 0 Å². The van der Waals surface area contributed by atoms with E-state index in [2.05, 4.69) is 17.4 Å². The number of anilines is 1. The number of ether oxygens (including phenoxy) is 1. The lowest BCUT2D eigenvalue weighted by atomic mass is 9.89. The Hall–Kier alpha value is -1.55. The molecule has 1 saturated carbocycles. The van der Waals surface area contributed by atoms with Crippen molar-refractivity contribution in [2.45, 2.75) is 38.5 Å². The van der Waals surface area contributed by atoms with Crippen molar-refractivity contribution < 1.29 is 9.53 Å². The summed E-state index contributed by atoms with van der Waals surface area (Å²) in [6, 6.07) is 8.75. The molecule has 0 aliphatic heterocycles. The fraction of sp³-hybridized carbons (Fsp3) is 0.533. The van der Waals surface area contributed by atoms with Crippen LogP contribution in [-0.2, 0) is 16.1 Å². The summed E-state index contributed by atoms with van der Waals surface area (Å²) in [5, 5.41) is 3.50. The molecule has 0 aromatic heterocycles. The minimum absolute atomic E-state index is 0.0836. The highest BCUT2D eigenvalue weighted by Crippen LogP contribution is 2.26. The van der Waals surface area contributed by atoms with Crippen molar-refractivity contribution in [2.24, 2.45) is 0 Å². The number of hydrogen-bond acceptors (Lipinski definition) is 3. The van der Waals surface area contributed by atoms with E-state index in [9.17, 15) is 4.79 Å². The predicted octanol–water partition coefficient (Wildman–Crippen LogP) is 2.25. The topological polar surface area (TPSA) is 41.6 Å². The van der Waals surface area contributed by atoms with Crippen LogP contribution in [0.4, 0.5) is 5.69 Å². The lowest BCUT2D eigenvalue weighted by Crippen LogP contribution is -2.40. The summed E-state index contributed by atoms with van der Waals surface area (Å²) in [6.45, 7) is 2.23. The van der Waals surface area contributed by atoms with Gasteiger partial charge in [0.05, 0.1) is 6.10 Å². The molecule has 104 valence electrons.